The number of rotatable bonds is 1. The molecule has 0 bridgehead atoms. The van der Waals surface area contributed by atoms with Crippen molar-refractivity contribution in [2.75, 3.05) is 0 Å². The predicted molar refractivity (Wildman–Crippen MR) is 43.3 cm³/mol. The SMILES string of the molecule is [Cl-].[Cl-].[Mg+2].[Mg+2].[O-]B([O-])c1c(F)cccc1F. The van der Waals surface area contributed by atoms with E-state index in [4.69, 9.17) is 0 Å². The molecular weight excluding hydrogens is 272 g/mol. The largest absolute Gasteiger partial charge is 2.00 e. The molecule has 0 N–H and O–H groups in total. The van der Waals surface area contributed by atoms with Crippen LogP contribution < -0.4 is 40.3 Å². The average Bonchev–Trinajstić information content (AvgIpc) is 1.85. The van der Waals surface area contributed by atoms with E-state index < -0.39 is 24.2 Å². The van der Waals surface area contributed by atoms with E-state index in [1.54, 1.807) is 0 Å². The number of hydrogen-bond acceptors (Lipinski definition) is 2. The van der Waals surface area contributed by atoms with Gasteiger partial charge in [0.25, 0.3) is 0 Å². The van der Waals surface area contributed by atoms with Crippen molar-refractivity contribution >= 4 is 58.7 Å². The summed E-state index contributed by atoms with van der Waals surface area (Å²) in [6, 6.07) is 2.85. The van der Waals surface area contributed by atoms with Crippen LogP contribution >= 0.6 is 0 Å². The summed E-state index contributed by atoms with van der Waals surface area (Å²) in [4.78, 5) is 0. The second kappa shape index (κ2) is 11.7. The van der Waals surface area contributed by atoms with Gasteiger partial charge in [-0.3, -0.25) is 0 Å². The van der Waals surface area contributed by atoms with Crippen LogP contribution in [0.2, 0.25) is 0 Å². The predicted octanol–water partition coefficient (Wildman–Crippen LogP) is -8.37. The summed E-state index contributed by atoms with van der Waals surface area (Å²) in [7, 11) is -2.60. The van der Waals surface area contributed by atoms with Gasteiger partial charge in [-0.2, -0.15) is 0 Å². The van der Waals surface area contributed by atoms with Crippen LogP contribution in [0.4, 0.5) is 8.78 Å². The van der Waals surface area contributed by atoms with E-state index in [0.29, 0.717) is 0 Å². The van der Waals surface area contributed by atoms with Crippen molar-refractivity contribution in [1.82, 2.24) is 0 Å². The van der Waals surface area contributed by atoms with E-state index in [1.807, 2.05) is 0 Å². The number of halogens is 4. The minimum absolute atomic E-state index is 0. The molecule has 9 heteroatoms. The van der Waals surface area contributed by atoms with Crippen LogP contribution in [0, 0.1) is 11.6 Å². The van der Waals surface area contributed by atoms with Gasteiger partial charge in [0.2, 0.25) is 0 Å². The minimum Gasteiger partial charge on any atom is -1.00 e. The molecule has 0 amide bonds. The Bertz CT molecular complexity index is 261. The quantitative estimate of drug-likeness (QED) is 0.478. The third-order valence-corrected chi connectivity index (χ3v) is 1.24. The maximum absolute atomic E-state index is 12.5. The molecule has 1 aromatic rings. The summed E-state index contributed by atoms with van der Waals surface area (Å²) in [5.41, 5.74) is -0.937. The van der Waals surface area contributed by atoms with Gasteiger partial charge in [0.05, 0.1) is 0 Å². The molecule has 0 fully saturated rings. The Hall–Kier alpha value is 1.18. The molecule has 0 unspecified atom stereocenters. The molecular formula is C6H3BCl2F2Mg2O2. The third kappa shape index (κ3) is 7.17. The van der Waals surface area contributed by atoms with Gasteiger partial charge in [0.15, 0.2) is 0 Å². The van der Waals surface area contributed by atoms with Gasteiger partial charge in [-0.05, 0) is 12.1 Å². The van der Waals surface area contributed by atoms with Crippen molar-refractivity contribution in [2.24, 2.45) is 0 Å². The normalized spacial score (nSPS) is 7.20. The van der Waals surface area contributed by atoms with Crippen LogP contribution in [-0.4, -0.2) is 53.2 Å². The Morgan fingerprint density at radius 3 is 1.47 bits per heavy atom. The first-order valence-electron chi connectivity index (χ1n) is 2.88. The summed E-state index contributed by atoms with van der Waals surface area (Å²) in [5, 5.41) is 20.3. The van der Waals surface area contributed by atoms with E-state index in [0.717, 1.165) is 18.2 Å². The third-order valence-electron chi connectivity index (χ3n) is 1.24. The molecule has 0 saturated carbocycles. The van der Waals surface area contributed by atoms with Crippen LogP contribution in [0.5, 0.6) is 0 Å². The summed E-state index contributed by atoms with van der Waals surface area (Å²) >= 11 is 0. The Morgan fingerprint density at radius 2 is 1.27 bits per heavy atom. The minimum atomic E-state index is -2.60. The second-order valence-corrected chi connectivity index (χ2v) is 1.97. The zero-order chi connectivity index (χ0) is 8.43. The molecule has 0 spiro atoms. The summed E-state index contributed by atoms with van der Waals surface area (Å²) in [6.07, 6.45) is 0. The van der Waals surface area contributed by atoms with Crippen molar-refractivity contribution in [3.8, 4) is 0 Å². The first-order chi connectivity index (χ1) is 5.13. The molecule has 1 aromatic carbocycles. The fraction of sp³-hybridized carbons (Fsp3) is 0. The molecule has 2 nitrogen and oxygen atoms in total. The maximum Gasteiger partial charge on any atom is 2.00 e. The van der Waals surface area contributed by atoms with E-state index >= 15 is 0 Å². The Kier molecular flexibility index (Phi) is 19.5. The molecule has 0 atom stereocenters. The fourth-order valence-electron chi connectivity index (χ4n) is 0.736. The number of hydrogen-bond donors (Lipinski definition) is 0. The van der Waals surface area contributed by atoms with Gasteiger partial charge in [-0.15, -0.1) is 0 Å². The maximum atomic E-state index is 12.5. The molecule has 0 radical (unpaired) electrons. The average molecular weight is 275 g/mol. The first-order valence-corrected chi connectivity index (χ1v) is 2.88. The summed E-state index contributed by atoms with van der Waals surface area (Å²) < 4.78 is 24.9. The van der Waals surface area contributed by atoms with Gasteiger partial charge < -0.3 is 34.9 Å². The van der Waals surface area contributed by atoms with Crippen LogP contribution in [0.1, 0.15) is 0 Å². The fourth-order valence-corrected chi connectivity index (χ4v) is 0.736. The second-order valence-electron chi connectivity index (χ2n) is 1.97. The molecule has 15 heavy (non-hydrogen) atoms. The standard InChI is InChI=1S/C6H3BF2O2.2ClH.2Mg/c8-4-2-1-3-5(9)6(4)7(10)11;;;;/h1-3H;2*1H;;/q-2;;;2*+2/p-2. The topological polar surface area (TPSA) is 46.1 Å². The Morgan fingerprint density at radius 1 is 0.933 bits per heavy atom. The molecule has 0 aliphatic rings. The Labute approximate surface area is 131 Å². The smallest absolute Gasteiger partial charge is 1.00 e. The van der Waals surface area contributed by atoms with Gasteiger partial charge in [0.1, 0.15) is 11.6 Å². The van der Waals surface area contributed by atoms with Crippen molar-refractivity contribution in [1.29, 1.82) is 0 Å². The van der Waals surface area contributed by atoms with Gasteiger partial charge in [-0.1, -0.05) is 18.6 Å². The monoisotopic (exact) mass is 274 g/mol. The molecule has 0 aliphatic carbocycles. The van der Waals surface area contributed by atoms with Gasteiger partial charge in [0, 0.05) is 0 Å². The van der Waals surface area contributed by atoms with E-state index in [9.17, 15) is 18.8 Å². The number of benzene rings is 1. The van der Waals surface area contributed by atoms with Crippen molar-refractivity contribution in [3.63, 3.8) is 0 Å². The summed E-state index contributed by atoms with van der Waals surface area (Å²) in [5.74, 6) is -2.17. The molecule has 0 aromatic heterocycles. The van der Waals surface area contributed by atoms with E-state index in [2.05, 4.69) is 0 Å². The van der Waals surface area contributed by atoms with Gasteiger partial charge >= 0.3 is 46.1 Å². The first kappa shape index (κ1) is 25.1. The molecule has 0 aliphatic heterocycles. The Balaban J connectivity index is -0.000000151. The van der Waals surface area contributed by atoms with Crippen molar-refractivity contribution in [3.05, 3.63) is 29.8 Å². The van der Waals surface area contributed by atoms with Crippen molar-refractivity contribution in [2.45, 2.75) is 0 Å². The summed E-state index contributed by atoms with van der Waals surface area (Å²) in [6.45, 7) is 0. The van der Waals surface area contributed by atoms with Crippen molar-refractivity contribution < 1.29 is 43.6 Å². The zero-order valence-electron chi connectivity index (χ0n) is 7.55. The van der Waals surface area contributed by atoms with Crippen LogP contribution in [0.25, 0.3) is 0 Å². The van der Waals surface area contributed by atoms with E-state index in [-0.39, 0.29) is 70.9 Å². The van der Waals surface area contributed by atoms with Crippen LogP contribution in [-0.2, 0) is 0 Å². The van der Waals surface area contributed by atoms with Crippen LogP contribution in [0.15, 0.2) is 18.2 Å². The molecule has 1 rings (SSSR count). The van der Waals surface area contributed by atoms with E-state index in [1.165, 1.54) is 0 Å². The van der Waals surface area contributed by atoms with Crippen LogP contribution in [0.3, 0.4) is 0 Å². The molecule has 0 heterocycles. The van der Waals surface area contributed by atoms with Gasteiger partial charge in [-0.25, -0.2) is 8.78 Å². The molecule has 0 saturated heterocycles. The molecule has 74 valence electrons. The zero-order valence-corrected chi connectivity index (χ0v) is 11.9.